The standard InChI is InChI=1S/C15H22ClN3O5S/c1-4-12-8-23-6-5-19(12)13-7-11(17-15(16)18-13)9-25(21,22)24-14(20)10(2)3/h7,10,12H,4-6,8-9H2,1-3H3/t12-/m0/s1. The maximum atomic E-state index is 12.1. The number of carbonyl (C=O) groups is 1. The largest absolute Gasteiger partial charge is 0.377 e. The summed E-state index contributed by atoms with van der Waals surface area (Å²) in [5, 5.41) is -0.0563. The number of anilines is 1. The van der Waals surface area contributed by atoms with Gasteiger partial charge in [0.1, 0.15) is 11.6 Å². The van der Waals surface area contributed by atoms with E-state index in [1.54, 1.807) is 19.9 Å². The highest BCUT2D eigenvalue weighted by Gasteiger charge is 2.26. The van der Waals surface area contributed by atoms with Gasteiger partial charge in [0.05, 0.1) is 30.9 Å². The van der Waals surface area contributed by atoms with Gasteiger partial charge in [-0.25, -0.2) is 9.97 Å². The quantitative estimate of drug-likeness (QED) is 0.534. The highest BCUT2D eigenvalue weighted by molar-refractivity contribution is 7.86. The highest BCUT2D eigenvalue weighted by Crippen LogP contribution is 2.22. The van der Waals surface area contributed by atoms with Crippen LogP contribution in [0.4, 0.5) is 5.82 Å². The molecular formula is C15H22ClN3O5S. The van der Waals surface area contributed by atoms with Gasteiger partial charge in [0.15, 0.2) is 0 Å². The minimum Gasteiger partial charge on any atom is -0.377 e. The Morgan fingerprint density at radius 2 is 2.20 bits per heavy atom. The molecule has 25 heavy (non-hydrogen) atoms. The molecule has 0 bridgehead atoms. The predicted molar refractivity (Wildman–Crippen MR) is 92.8 cm³/mol. The number of carbonyl (C=O) groups excluding carboxylic acids is 1. The van der Waals surface area contributed by atoms with E-state index >= 15 is 0 Å². The van der Waals surface area contributed by atoms with Crippen molar-refractivity contribution in [3.8, 4) is 0 Å². The van der Waals surface area contributed by atoms with Gasteiger partial charge in [-0.05, 0) is 18.0 Å². The van der Waals surface area contributed by atoms with E-state index < -0.39 is 27.8 Å². The molecular weight excluding hydrogens is 370 g/mol. The van der Waals surface area contributed by atoms with Crippen molar-refractivity contribution in [1.29, 1.82) is 0 Å². The Labute approximate surface area is 152 Å². The van der Waals surface area contributed by atoms with Gasteiger partial charge in [0.25, 0.3) is 0 Å². The average Bonchev–Trinajstić information content (AvgIpc) is 2.53. The van der Waals surface area contributed by atoms with Crippen LogP contribution in [-0.4, -0.2) is 50.2 Å². The number of morpholine rings is 1. The summed E-state index contributed by atoms with van der Waals surface area (Å²) in [6.45, 7) is 6.89. The van der Waals surface area contributed by atoms with Gasteiger partial charge in [0.2, 0.25) is 5.28 Å². The predicted octanol–water partition coefficient (Wildman–Crippen LogP) is 1.77. The minimum atomic E-state index is -4.10. The molecule has 8 nitrogen and oxygen atoms in total. The summed E-state index contributed by atoms with van der Waals surface area (Å²) in [7, 11) is -4.10. The van der Waals surface area contributed by atoms with Crippen molar-refractivity contribution in [2.75, 3.05) is 24.7 Å². The fraction of sp³-hybridized carbons (Fsp3) is 0.667. The molecule has 0 N–H and O–H groups in total. The van der Waals surface area contributed by atoms with Crippen LogP contribution >= 0.6 is 11.6 Å². The van der Waals surface area contributed by atoms with Crippen molar-refractivity contribution in [2.24, 2.45) is 5.92 Å². The summed E-state index contributed by atoms with van der Waals surface area (Å²) in [5.74, 6) is -1.37. The molecule has 1 aromatic rings. The maximum Gasteiger partial charge on any atom is 0.324 e. The molecule has 0 radical (unpaired) electrons. The summed E-state index contributed by atoms with van der Waals surface area (Å²) in [5.41, 5.74) is 0.174. The lowest BCUT2D eigenvalue weighted by Gasteiger charge is -2.36. The first-order valence-corrected chi connectivity index (χ1v) is 10.0. The summed E-state index contributed by atoms with van der Waals surface area (Å²) < 4.78 is 34.1. The Hall–Kier alpha value is -1.45. The Morgan fingerprint density at radius 3 is 2.84 bits per heavy atom. The topological polar surface area (TPSA) is 98.7 Å². The van der Waals surface area contributed by atoms with Crippen LogP contribution in [-0.2, 0) is 29.6 Å². The summed E-state index contributed by atoms with van der Waals surface area (Å²) in [4.78, 5) is 21.7. The van der Waals surface area contributed by atoms with E-state index in [1.165, 1.54) is 0 Å². The summed E-state index contributed by atoms with van der Waals surface area (Å²) in [6, 6.07) is 1.68. The average molecular weight is 392 g/mol. The molecule has 140 valence electrons. The third-order valence-electron chi connectivity index (χ3n) is 3.74. The number of rotatable bonds is 6. The molecule has 2 heterocycles. The summed E-state index contributed by atoms with van der Waals surface area (Å²) >= 11 is 5.96. The Kier molecular flexibility index (Phi) is 6.59. The second-order valence-electron chi connectivity index (χ2n) is 6.08. The maximum absolute atomic E-state index is 12.1. The number of hydrogen-bond donors (Lipinski definition) is 0. The van der Waals surface area contributed by atoms with Crippen molar-refractivity contribution in [1.82, 2.24) is 9.97 Å². The second kappa shape index (κ2) is 8.29. The molecule has 0 saturated carbocycles. The van der Waals surface area contributed by atoms with E-state index in [9.17, 15) is 13.2 Å². The first kappa shape index (κ1) is 19.9. The highest BCUT2D eigenvalue weighted by atomic mass is 35.5. The van der Waals surface area contributed by atoms with E-state index in [4.69, 9.17) is 16.3 Å². The molecule has 10 heteroatoms. The van der Waals surface area contributed by atoms with E-state index in [-0.39, 0.29) is 17.0 Å². The molecule has 2 rings (SSSR count). The second-order valence-corrected chi connectivity index (χ2v) is 7.98. The third kappa shape index (κ3) is 5.52. The first-order valence-electron chi connectivity index (χ1n) is 8.05. The molecule has 0 amide bonds. The van der Waals surface area contributed by atoms with E-state index in [0.29, 0.717) is 25.6 Å². The van der Waals surface area contributed by atoms with Crippen LogP contribution in [0.5, 0.6) is 0 Å². The monoisotopic (exact) mass is 391 g/mol. The van der Waals surface area contributed by atoms with Gasteiger partial charge in [-0.15, -0.1) is 0 Å². The zero-order valence-electron chi connectivity index (χ0n) is 14.4. The van der Waals surface area contributed by atoms with Crippen molar-refractivity contribution < 1.29 is 22.1 Å². The lowest BCUT2D eigenvalue weighted by atomic mass is 10.2. The molecule has 1 aromatic heterocycles. The zero-order chi connectivity index (χ0) is 18.6. The van der Waals surface area contributed by atoms with Crippen LogP contribution in [0.3, 0.4) is 0 Å². The lowest BCUT2D eigenvalue weighted by molar-refractivity contribution is -0.137. The normalized spacial score (nSPS) is 18.4. The van der Waals surface area contributed by atoms with Gasteiger partial charge >= 0.3 is 16.1 Å². The van der Waals surface area contributed by atoms with E-state index in [0.717, 1.165) is 6.42 Å². The SMILES string of the molecule is CC[C@H]1COCCN1c1cc(CS(=O)(=O)OC(=O)C(C)C)nc(Cl)n1. The van der Waals surface area contributed by atoms with Crippen LogP contribution in [0.2, 0.25) is 5.28 Å². The zero-order valence-corrected chi connectivity index (χ0v) is 16.0. The van der Waals surface area contributed by atoms with Crippen LogP contribution in [0, 0.1) is 5.92 Å². The van der Waals surface area contributed by atoms with Crippen LogP contribution in [0.15, 0.2) is 6.07 Å². The first-order chi connectivity index (χ1) is 11.7. The molecule has 1 saturated heterocycles. The molecule has 1 aliphatic heterocycles. The molecule has 1 atom stereocenters. The Morgan fingerprint density at radius 1 is 1.48 bits per heavy atom. The number of hydrogen-bond acceptors (Lipinski definition) is 8. The van der Waals surface area contributed by atoms with Crippen LogP contribution < -0.4 is 4.90 Å². The summed E-state index contributed by atoms with van der Waals surface area (Å²) in [6.07, 6.45) is 0.848. The van der Waals surface area contributed by atoms with Gasteiger partial charge in [-0.3, -0.25) is 4.79 Å². The smallest absolute Gasteiger partial charge is 0.324 e. The van der Waals surface area contributed by atoms with Gasteiger partial charge in [0, 0.05) is 12.6 Å². The van der Waals surface area contributed by atoms with Crippen molar-refractivity contribution in [2.45, 2.75) is 39.0 Å². The number of ether oxygens (including phenoxy) is 1. The molecule has 0 spiro atoms. The van der Waals surface area contributed by atoms with Crippen molar-refractivity contribution in [3.63, 3.8) is 0 Å². The minimum absolute atomic E-state index is 0.0563. The van der Waals surface area contributed by atoms with Crippen molar-refractivity contribution in [3.05, 3.63) is 17.0 Å². The lowest BCUT2D eigenvalue weighted by Crippen LogP contribution is -2.45. The van der Waals surface area contributed by atoms with Crippen LogP contribution in [0.1, 0.15) is 32.9 Å². The fourth-order valence-electron chi connectivity index (χ4n) is 2.40. The van der Waals surface area contributed by atoms with Crippen molar-refractivity contribution >= 4 is 33.5 Å². The van der Waals surface area contributed by atoms with Gasteiger partial charge < -0.3 is 13.8 Å². The molecule has 1 fully saturated rings. The number of halogens is 1. The molecule has 0 unspecified atom stereocenters. The van der Waals surface area contributed by atoms with Gasteiger partial charge in [-0.2, -0.15) is 8.42 Å². The number of nitrogens with zero attached hydrogens (tertiary/aromatic N) is 3. The fourth-order valence-corrected chi connectivity index (χ4v) is 3.61. The molecule has 0 aliphatic carbocycles. The van der Waals surface area contributed by atoms with E-state index in [2.05, 4.69) is 14.2 Å². The Bertz CT molecular complexity index is 726. The Balaban J connectivity index is 2.22. The van der Waals surface area contributed by atoms with E-state index in [1.807, 2.05) is 11.8 Å². The molecule has 1 aliphatic rings. The van der Waals surface area contributed by atoms with Crippen LogP contribution in [0.25, 0.3) is 0 Å². The number of aromatic nitrogens is 2. The third-order valence-corrected chi connectivity index (χ3v) is 4.97. The van der Waals surface area contributed by atoms with Gasteiger partial charge in [-0.1, -0.05) is 20.8 Å². The molecule has 0 aromatic carbocycles.